The third-order valence-electron chi connectivity index (χ3n) is 6.85. The van der Waals surface area contributed by atoms with Crippen molar-refractivity contribution in [2.45, 2.75) is 51.6 Å². The van der Waals surface area contributed by atoms with Gasteiger partial charge in [0.2, 0.25) is 0 Å². The fourth-order valence-electron chi connectivity index (χ4n) is 5.19. The number of esters is 1. The zero-order chi connectivity index (χ0) is 26.0. The highest BCUT2D eigenvalue weighted by Gasteiger charge is 2.45. The van der Waals surface area contributed by atoms with Crippen molar-refractivity contribution in [1.29, 1.82) is 0 Å². The van der Waals surface area contributed by atoms with Crippen LogP contribution < -0.4 is 14.2 Å². The molecule has 2 aromatic carbocycles. The molecule has 0 saturated carbocycles. The quantitative estimate of drug-likeness (QED) is 0.493. The molecule has 36 heavy (non-hydrogen) atoms. The maximum atomic E-state index is 13.7. The lowest BCUT2D eigenvalue weighted by Crippen LogP contribution is -2.38. The fraction of sp³-hybridized carbons (Fsp3) is 0.414. The largest absolute Gasteiger partial charge is 0.497 e. The molecule has 3 atom stereocenters. The van der Waals surface area contributed by atoms with Gasteiger partial charge in [0.1, 0.15) is 11.7 Å². The molecule has 0 amide bonds. The summed E-state index contributed by atoms with van der Waals surface area (Å²) in [4.78, 5) is 31.9. The normalized spacial score (nSPS) is 21.6. The minimum absolute atomic E-state index is 0.00363. The average Bonchev–Trinajstić information content (AvgIpc) is 2.86. The number of rotatable bonds is 7. The summed E-state index contributed by atoms with van der Waals surface area (Å²) in [5, 5.41) is 0. The van der Waals surface area contributed by atoms with E-state index in [9.17, 15) is 9.59 Å². The summed E-state index contributed by atoms with van der Waals surface area (Å²) in [6.07, 6.45) is 0.670. The molecular weight excluding hydrogens is 458 g/mol. The lowest BCUT2D eigenvalue weighted by atomic mass is 9.69. The van der Waals surface area contributed by atoms with E-state index >= 15 is 0 Å². The monoisotopic (exact) mass is 491 g/mol. The van der Waals surface area contributed by atoms with Crippen LogP contribution in [0.15, 0.2) is 58.7 Å². The van der Waals surface area contributed by atoms with E-state index in [1.54, 1.807) is 27.4 Å². The minimum Gasteiger partial charge on any atom is -0.497 e. The van der Waals surface area contributed by atoms with E-state index in [4.69, 9.17) is 23.9 Å². The van der Waals surface area contributed by atoms with Crippen LogP contribution in [0.1, 0.15) is 56.6 Å². The van der Waals surface area contributed by atoms with Crippen LogP contribution in [0, 0.1) is 5.92 Å². The van der Waals surface area contributed by atoms with Gasteiger partial charge in [-0.15, -0.1) is 0 Å². The third kappa shape index (κ3) is 4.87. The van der Waals surface area contributed by atoms with Crippen LogP contribution in [0.3, 0.4) is 0 Å². The van der Waals surface area contributed by atoms with E-state index in [1.165, 1.54) is 0 Å². The summed E-state index contributed by atoms with van der Waals surface area (Å²) >= 11 is 0. The highest BCUT2D eigenvalue weighted by atomic mass is 16.5. The Bertz CT molecular complexity index is 1210. The second kappa shape index (κ2) is 10.6. The maximum absolute atomic E-state index is 13.7. The molecule has 4 rings (SSSR count). The summed E-state index contributed by atoms with van der Waals surface area (Å²) in [7, 11) is 4.77. The smallest absolute Gasteiger partial charge is 0.315 e. The molecule has 0 saturated heterocycles. The molecule has 1 aliphatic heterocycles. The van der Waals surface area contributed by atoms with Crippen molar-refractivity contribution in [3.05, 3.63) is 64.9 Å². The zero-order valence-corrected chi connectivity index (χ0v) is 21.7. The number of benzene rings is 2. The van der Waals surface area contributed by atoms with Gasteiger partial charge in [0, 0.05) is 29.3 Å². The Morgan fingerprint density at radius 2 is 1.58 bits per heavy atom. The molecule has 190 valence electrons. The molecule has 7 heteroatoms. The standard InChI is InChI=1S/C29H33NO6/c1-16(2)36-29(32)26-17(3)30-22-13-20(18-7-10-21(33-4)11-8-18)14-23(31)28(22)27(26)19-9-12-24(34-5)25(15-19)35-6/h7-12,15-16,20,26-27H,13-14H2,1-6H3. The Balaban J connectivity index is 1.80. The second-order valence-corrected chi connectivity index (χ2v) is 9.47. The fourth-order valence-corrected chi connectivity index (χ4v) is 5.19. The van der Waals surface area contributed by atoms with Crippen LogP contribution in [0.25, 0.3) is 0 Å². The average molecular weight is 492 g/mol. The van der Waals surface area contributed by atoms with Gasteiger partial charge in [0.25, 0.3) is 0 Å². The number of nitrogens with zero attached hydrogens (tertiary/aromatic N) is 1. The summed E-state index contributed by atoms with van der Waals surface area (Å²) in [5.74, 6) is 0.271. The van der Waals surface area contributed by atoms with Gasteiger partial charge >= 0.3 is 5.97 Å². The number of Topliss-reactive ketones (excluding diaryl/α,β-unsaturated/α-hetero) is 1. The molecule has 0 radical (unpaired) electrons. The van der Waals surface area contributed by atoms with E-state index in [0.717, 1.165) is 22.6 Å². The third-order valence-corrected chi connectivity index (χ3v) is 6.85. The molecule has 3 unspecified atom stereocenters. The molecule has 1 heterocycles. The van der Waals surface area contributed by atoms with E-state index < -0.39 is 11.8 Å². The van der Waals surface area contributed by atoms with E-state index in [0.29, 0.717) is 35.6 Å². The Morgan fingerprint density at radius 1 is 0.917 bits per heavy atom. The summed E-state index contributed by atoms with van der Waals surface area (Å²) in [6, 6.07) is 13.3. The number of methoxy groups -OCH3 is 3. The number of hydrogen-bond donors (Lipinski definition) is 0. The Morgan fingerprint density at radius 3 is 2.19 bits per heavy atom. The van der Waals surface area contributed by atoms with Crippen molar-refractivity contribution in [3.8, 4) is 17.2 Å². The van der Waals surface area contributed by atoms with Crippen molar-refractivity contribution in [2.75, 3.05) is 21.3 Å². The SMILES string of the molecule is COc1ccc(C2CC(=O)C3=C(C2)N=C(C)C(C(=O)OC(C)C)C3c2ccc(OC)c(OC)c2)cc1. The van der Waals surface area contributed by atoms with E-state index in [1.807, 2.05) is 57.2 Å². The predicted octanol–water partition coefficient (Wildman–Crippen LogP) is 5.24. The number of hydrogen-bond acceptors (Lipinski definition) is 7. The van der Waals surface area contributed by atoms with Gasteiger partial charge in [-0.05, 0) is 68.5 Å². The molecule has 7 nitrogen and oxygen atoms in total. The zero-order valence-electron chi connectivity index (χ0n) is 21.7. The number of aliphatic imine (C=N–C) groups is 1. The Labute approximate surface area is 212 Å². The van der Waals surface area contributed by atoms with Gasteiger partial charge in [0.05, 0.1) is 27.4 Å². The van der Waals surface area contributed by atoms with Gasteiger partial charge in [-0.1, -0.05) is 18.2 Å². The lowest BCUT2D eigenvalue weighted by molar-refractivity contribution is -0.150. The molecular formula is C29H33NO6. The number of carbonyl (C=O) groups is 2. The van der Waals surface area contributed by atoms with Crippen LogP contribution in [0.5, 0.6) is 17.2 Å². The Kier molecular flexibility index (Phi) is 7.48. The van der Waals surface area contributed by atoms with Crippen LogP contribution in [0.4, 0.5) is 0 Å². The summed E-state index contributed by atoms with van der Waals surface area (Å²) < 4.78 is 21.8. The van der Waals surface area contributed by atoms with E-state index in [2.05, 4.69) is 0 Å². The number of carbonyl (C=O) groups excluding carboxylic acids is 2. The first kappa shape index (κ1) is 25.5. The molecule has 0 spiro atoms. The van der Waals surface area contributed by atoms with Crippen molar-refractivity contribution in [3.63, 3.8) is 0 Å². The predicted molar refractivity (Wildman–Crippen MR) is 137 cm³/mol. The van der Waals surface area contributed by atoms with Gasteiger partial charge in [-0.2, -0.15) is 0 Å². The highest BCUT2D eigenvalue weighted by Crippen LogP contribution is 2.48. The molecule has 0 aromatic heterocycles. The summed E-state index contributed by atoms with van der Waals surface area (Å²) in [6.45, 7) is 5.47. The topological polar surface area (TPSA) is 83.4 Å². The molecule has 0 N–H and O–H groups in total. The molecule has 1 aliphatic carbocycles. The van der Waals surface area contributed by atoms with Crippen molar-refractivity contribution >= 4 is 17.5 Å². The number of ether oxygens (including phenoxy) is 4. The maximum Gasteiger partial charge on any atom is 0.315 e. The van der Waals surface area contributed by atoms with Crippen LogP contribution in [-0.2, 0) is 14.3 Å². The minimum atomic E-state index is -0.703. The van der Waals surface area contributed by atoms with Gasteiger partial charge in [-0.3, -0.25) is 14.6 Å². The van der Waals surface area contributed by atoms with Gasteiger partial charge in [-0.25, -0.2) is 0 Å². The highest BCUT2D eigenvalue weighted by molar-refractivity contribution is 6.09. The van der Waals surface area contributed by atoms with Crippen molar-refractivity contribution in [2.24, 2.45) is 10.9 Å². The van der Waals surface area contributed by atoms with Crippen LogP contribution in [0.2, 0.25) is 0 Å². The van der Waals surface area contributed by atoms with Gasteiger partial charge in [0.15, 0.2) is 17.3 Å². The summed E-state index contributed by atoms with van der Waals surface area (Å²) in [5.41, 5.74) is 3.81. The van der Waals surface area contributed by atoms with Gasteiger partial charge < -0.3 is 18.9 Å². The number of ketones is 1. The molecule has 2 aliphatic rings. The second-order valence-electron chi connectivity index (χ2n) is 9.47. The molecule has 2 aromatic rings. The first-order valence-corrected chi connectivity index (χ1v) is 12.1. The van der Waals surface area contributed by atoms with Crippen LogP contribution in [-0.4, -0.2) is 44.9 Å². The lowest BCUT2D eigenvalue weighted by Gasteiger charge is -2.37. The molecule has 0 fully saturated rings. The first-order chi connectivity index (χ1) is 17.3. The van der Waals surface area contributed by atoms with E-state index in [-0.39, 0.29) is 23.8 Å². The number of allylic oxidation sites excluding steroid dienone is 2. The first-order valence-electron chi connectivity index (χ1n) is 12.1. The molecule has 0 bridgehead atoms. The Hall–Kier alpha value is -3.61. The van der Waals surface area contributed by atoms with Crippen molar-refractivity contribution in [1.82, 2.24) is 0 Å². The van der Waals surface area contributed by atoms with Crippen LogP contribution >= 0.6 is 0 Å². The van der Waals surface area contributed by atoms with Crippen molar-refractivity contribution < 1.29 is 28.5 Å².